The van der Waals surface area contributed by atoms with Gasteiger partial charge < -0.3 is 9.47 Å². The summed E-state index contributed by atoms with van der Waals surface area (Å²) < 4.78 is 55.9. The van der Waals surface area contributed by atoms with Crippen molar-refractivity contribution in [2.45, 2.75) is 13.2 Å². The van der Waals surface area contributed by atoms with Gasteiger partial charge in [-0.05, 0) is 18.2 Å². The number of hydrogen-bond acceptors (Lipinski definition) is 2. The molecule has 0 saturated carbocycles. The third-order valence-electron chi connectivity index (χ3n) is 1.34. The highest BCUT2D eigenvalue weighted by atomic mass is 79.9. The van der Waals surface area contributed by atoms with E-state index in [1.165, 1.54) is 6.07 Å². The smallest absolute Gasteiger partial charge is 0.387 e. The van der Waals surface area contributed by atoms with Crippen LogP contribution in [-0.4, -0.2) is 13.2 Å². The molecule has 2 nitrogen and oxygen atoms in total. The first-order chi connectivity index (χ1) is 6.99. The van der Waals surface area contributed by atoms with E-state index >= 15 is 0 Å². The van der Waals surface area contributed by atoms with E-state index < -0.39 is 24.7 Å². The summed E-state index contributed by atoms with van der Waals surface area (Å²) in [6.45, 7) is -6.19. The molecular weight excluding hydrogens is 284 g/mol. The van der Waals surface area contributed by atoms with Crippen molar-refractivity contribution < 1.29 is 27.0 Å². The second-order valence-electron chi connectivity index (χ2n) is 2.35. The third-order valence-corrected chi connectivity index (χ3v) is 1.83. The summed E-state index contributed by atoms with van der Waals surface area (Å²) in [5.41, 5.74) is 0. The van der Waals surface area contributed by atoms with E-state index in [0.717, 1.165) is 12.1 Å². The lowest BCUT2D eigenvalue weighted by molar-refractivity contribution is -0.0692. The first-order valence-electron chi connectivity index (χ1n) is 3.68. The molecule has 0 fully saturated rings. The average molecular weight is 289 g/mol. The van der Waals surface area contributed by atoms with E-state index in [4.69, 9.17) is 0 Å². The van der Waals surface area contributed by atoms with Gasteiger partial charge in [-0.25, -0.2) is 0 Å². The zero-order chi connectivity index (χ0) is 11.4. The fourth-order valence-corrected chi connectivity index (χ4v) is 1.20. The Hall–Kier alpha value is -0.980. The first-order valence-corrected chi connectivity index (χ1v) is 4.47. The molecule has 1 aromatic rings. The molecule has 0 spiro atoms. The molecule has 0 bridgehead atoms. The van der Waals surface area contributed by atoms with Crippen molar-refractivity contribution >= 4 is 15.9 Å². The van der Waals surface area contributed by atoms with E-state index in [1.54, 1.807) is 0 Å². The van der Waals surface area contributed by atoms with E-state index in [1.807, 2.05) is 0 Å². The van der Waals surface area contributed by atoms with Crippen molar-refractivity contribution in [3.05, 3.63) is 22.7 Å². The second-order valence-corrected chi connectivity index (χ2v) is 3.26. The lowest BCUT2D eigenvalue weighted by Gasteiger charge is -2.11. The van der Waals surface area contributed by atoms with Crippen molar-refractivity contribution in [3.8, 4) is 11.5 Å². The molecule has 0 aliphatic carbocycles. The molecule has 84 valence electrons. The molecular formula is C8H5BrF4O2. The normalized spacial score (nSPS) is 10.9. The Morgan fingerprint density at radius 1 is 0.933 bits per heavy atom. The quantitative estimate of drug-likeness (QED) is 0.788. The molecule has 0 N–H and O–H groups in total. The van der Waals surface area contributed by atoms with Gasteiger partial charge in [0.2, 0.25) is 0 Å². The van der Waals surface area contributed by atoms with E-state index in [9.17, 15) is 17.6 Å². The maximum Gasteiger partial charge on any atom is 0.387 e. The summed E-state index contributed by atoms with van der Waals surface area (Å²) in [6, 6.07) is 3.59. The van der Waals surface area contributed by atoms with Crippen molar-refractivity contribution in [1.29, 1.82) is 0 Å². The largest absolute Gasteiger partial charge is 0.431 e. The van der Waals surface area contributed by atoms with Crippen molar-refractivity contribution in [1.82, 2.24) is 0 Å². The minimum Gasteiger partial charge on any atom is -0.431 e. The van der Waals surface area contributed by atoms with Crippen LogP contribution in [-0.2, 0) is 0 Å². The van der Waals surface area contributed by atoms with E-state index in [-0.39, 0.29) is 0 Å². The molecule has 1 rings (SSSR count). The predicted octanol–water partition coefficient (Wildman–Crippen LogP) is 3.65. The van der Waals surface area contributed by atoms with Gasteiger partial charge in [0.05, 0.1) is 0 Å². The summed E-state index contributed by atoms with van der Waals surface area (Å²) in [7, 11) is 0. The summed E-state index contributed by atoms with van der Waals surface area (Å²) in [4.78, 5) is 0. The van der Waals surface area contributed by atoms with Crippen LogP contribution < -0.4 is 9.47 Å². The van der Waals surface area contributed by atoms with Gasteiger partial charge in [0.15, 0.2) is 11.5 Å². The highest BCUT2D eigenvalue weighted by molar-refractivity contribution is 9.10. The van der Waals surface area contributed by atoms with Gasteiger partial charge in [0.25, 0.3) is 0 Å². The topological polar surface area (TPSA) is 18.5 Å². The number of hydrogen-bond donors (Lipinski definition) is 0. The Morgan fingerprint density at radius 3 is 2.00 bits per heavy atom. The summed E-state index contributed by atoms with van der Waals surface area (Å²) in [5.74, 6) is -0.881. The Labute approximate surface area is 90.9 Å². The Bertz CT molecular complexity index is 332. The number of ether oxygens (including phenoxy) is 2. The standard InChI is InChI=1S/C8H5BrF4O2/c9-4-1-2-5(14-7(10)11)6(3-4)15-8(12)13/h1-3,7-8H. The Kier molecular flexibility index (Phi) is 4.19. The summed E-state index contributed by atoms with van der Waals surface area (Å²) >= 11 is 2.98. The molecule has 0 unspecified atom stereocenters. The van der Waals surface area contributed by atoms with Gasteiger partial charge in [0.1, 0.15) is 0 Å². The van der Waals surface area contributed by atoms with Gasteiger partial charge in [-0.3, -0.25) is 0 Å². The van der Waals surface area contributed by atoms with Crippen LogP contribution in [0, 0.1) is 0 Å². The molecule has 0 amide bonds. The fourth-order valence-electron chi connectivity index (χ4n) is 0.863. The minimum absolute atomic E-state index is 0.416. The zero-order valence-electron chi connectivity index (χ0n) is 7.09. The summed E-state index contributed by atoms with van der Waals surface area (Å²) in [6.07, 6.45) is 0. The van der Waals surface area contributed by atoms with Crippen LogP contribution in [0.1, 0.15) is 0 Å². The molecule has 0 atom stereocenters. The van der Waals surface area contributed by atoms with Crippen molar-refractivity contribution in [2.75, 3.05) is 0 Å². The monoisotopic (exact) mass is 288 g/mol. The van der Waals surface area contributed by atoms with Gasteiger partial charge in [-0.15, -0.1) is 0 Å². The molecule has 15 heavy (non-hydrogen) atoms. The van der Waals surface area contributed by atoms with Crippen LogP contribution in [0.4, 0.5) is 17.6 Å². The van der Waals surface area contributed by atoms with Crippen molar-refractivity contribution in [2.24, 2.45) is 0 Å². The van der Waals surface area contributed by atoms with Crippen LogP contribution in [0.15, 0.2) is 22.7 Å². The third kappa shape index (κ3) is 3.94. The fraction of sp³-hybridized carbons (Fsp3) is 0.250. The zero-order valence-corrected chi connectivity index (χ0v) is 8.68. The van der Waals surface area contributed by atoms with Crippen LogP contribution in [0.25, 0.3) is 0 Å². The van der Waals surface area contributed by atoms with Gasteiger partial charge in [-0.2, -0.15) is 17.6 Å². The molecule has 0 aliphatic heterocycles. The minimum atomic E-state index is -3.10. The molecule has 0 aromatic heterocycles. The maximum atomic E-state index is 11.9. The summed E-state index contributed by atoms with van der Waals surface area (Å²) in [5, 5.41) is 0. The Balaban J connectivity index is 2.92. The first kappa shape index (κ1) is 12.1. The molecule has 0 saturated heterocycles. The van der Waals surface area contributed by atoms with E-state index in [2.05, 4.69) is 25.4 Å². The van der Waals surface area contributed by atoms with Gasteiger partial charge in [0, 0.05) is 4.47 Å². The maximum absolute atomic E-state index is 11.9. The SMILES string of the molecule is FC(F)Oc1ccc(Br)cc1OC(F)F. The number of rotatable bonds is 4. The molecule has 0 heterocycles. The van der Waals surface area contributed by atoms with Crippen LogP contribution >= 0.6 is 15.9 Å². The van der Waals surface area contributed by atoms with Crippen LogP contribution in [0.5, 0.6) is 11.5 Å². The Morgan fingerprint density at radius 2 is 1.47 bits per heavy atom. The lowest BCUT2D eigenvalue weighted by atomic mass is 10.3. The van der Waals surface area contributed by atoms with E-state index in [0.29, 0.717) is 4.47 Å². The predicted molar refractivity (Wildman–Crippen MR) is 47.4 cm³/mol. The second kappa shape index (κ2) is 5.20. The number of alkyl halides is 4. The molecule has 0 aliphatic rings. The molecule has 0 radical (unpaired) electrons. The molecule has 7 heteroatoms. The highest BCUT2D eigenvalue weighted by Gasteiger charge is 2.14. The van der Waals surface area contributed by atoms with Crippen molar-refractivity contribution in [3.63, 3.8) is 0 Å². The molecule has 1 aromatic carbocycles. The highest BCUT2D eigenvalue weighted by Crippen LogP contribution is 2.32. The van der Waals surface area contributed by atoms with Gasteiger partial charge in [-0.1, -0.05) is 15.9 Å². The van der Waals surface area contributed by atoms with Crippen LogP contribution in [0.2, 0.25) is 0 Å². The number of halogens is 5. The van der Waals surface area contributed by atoms with Crippen LogP contribution in [0.3, 0.4) is 0 Å². The average Bonchev–Trinajstić information content (AvgIpc) is 2.08. The lowest BCUT2D eigenvalue weighted by Crippen LogP contribution is -2.07. The number of benzene rings is 1. The van der Waals surface area contributed by atoms with Gasteiger partial charge >= 0.3 is 13.2 Å².